The van der Waals surface area contributed by atoms with Crippen LogP contribution in [0.1, 0.15) is 23.6 Å². The molecule has 0 saturated carbocycles. The molecule has 2 rings (SSSR count). The molecule has 1 atom stereocenters. The topological polar surface area (TPSA) is 55.4 Å². The molecule has 0 aliphatic heterocycles. The van der Waals surface area contributed by atoms with Crippen LogP contribution >= 0.6 is 0 Å². The van der Waals surface area contributed by atoms with Crippen LogP contribution in [0.25, 0.3) is 6.08 Å². The van der Waals surface area contributed by atoms with Crippen molar-refractivity contribution in [2.75, 3.05) is 5.32 Å². The molecular formula is C20H18F3NO3. The van der Waals surface area contributed by atoms with E-state index < -0.39 is 29.7 Å². The fourth-order valence-corrected chi connectivity index (χ4v) is 2.10. The highest BCUT2D eigenvalue weighted by atomic mass is 19.4. The number of benzene rings is 2. The summed E-state index contributed by atoms with van der Waals surface area (Å²) in [4.78, 5) is 23.8. The van der Waals surface area contributed by atoms with Crippen LogP contribution in [0.5, 0.6) is 0 Å². The zero-order valence-corrected chi connectivity index (χ0v) is 14.7. The molecule has 0 spiro atoms. The Labute approximate surface area is 154 Å². The number of alkyl halides is 3. The predicted octanol–water partition coefficient (Wildman–Crippen LogP) is 4.60. The minimum Gasteiger partial charge on any atom is -0.449 e. The normalized spacial score (nSPS) is 12.6. The van der Waals surface area contributed by atoms with Crippen molar-refractivity contribution in [3.63, 3.8) is 0 Å². The summed E-state index contributed by atoms with van der Waals surface area (Å²) in [5, 5.41) is 2.40. The minimum atomic E-state index is -4.45. The molecule has 0 radical (unpaired) electrons. The van der Waals surface area contributed by atoms with Gasteiger partial charge in [0.25, 0.3) is 5.91 Å². The van der Waals surface area contributed by atoms with Crippen LogP contribution < -0.4 is 5.32 Å². The van der Waals surface area contributed by atoms with Crippen LogP contribution in [-0.2, 0) is 20.5 Å². The van der Waals surface area contributed by atoms with Gasteiger partial charge in [0.05, 0.1) is 5.56 Å². The van der Waals surface area contributed by atoms with Crippen LogP contribution in [0.15, 0.2) is 54.6 Å². The van der Waals surface area contributed by atoms with Gasteiger partial charge in [-0.2, -0.15) is 13.2 Å². The number of ether oxygens (including phenoxy) is 1. The van der Waals surface area contributed by atoms with Gasteiger partial charge in [-0.3, -0.25) is 4.79 Å². The number of hydrogen-bond acceptors (Lipinski definition) is 3. The SMILES string of the molecule is Cc1ccc(/C=C/C(=O)O[C@H](C)C(=O)Nc2ccc(C(F)(F)F)cc2)cc1. The van der Waals surface area contributed by atoms with E-state index >= 15 is 0 Å². The summed E-state index contributed by atoms with van der Waals surface area (Å²) in [6.07, 6.45) is -2.80. The summed E-state index contributed by atoms with van der Waals surface area (Å²) in [5.41, 5.74) is 1.25. The molecule has 1 N–H and O–H groups in total. The number of carbonyl (C=O) groups excluding carboxylic acids is 2. The van der Waals surface area contributed by atoms with Gasteiger partial charge in [0, 0.05) is 11.8 Å². The van der Waals surface area contributed by atoms with Crippen molar-refractivity contribution in [2.45, 2.75) is 26.1 Å². The molecule has 7 heteroatoms. The van der Waals surface area contributed by atoms with Gasteiger partial charge in [0.15, 0.2) is 6.10 Å². The smallest absolute Gasteiger partial charge is 0.416 e. The summed E-state index contributed by atoms with van der Waals surface area (Å²) in [6.45, 7) is 3.32. The molecule has 0 saturated heterocycles. The highest BCUT2D eigenvalue weighted by Gasteiger charge is 2.30. The first-order chi connectivity index (χ1) is 12.6. The fraction of sp³-hybridized carbons (Fsp3) is 0.200. The maximum Gasteiger partial charge on any atom is 0.416 e. The Balaban J connectivity index is 1.89. The number of amides is 1. The second kappa shape index (κ2) is 8.53. The second-order valence-corrected chi connectivity index (χ2v) is 5.89. The third-order valence-corrected chi connectivity index (χ3v) is 3.63. The molecule has 0 heterocycles. The van der Waals surface area contributed by atoms with Gasteiger partial charge in [-0.1, -0.05) is 29.8 Å². The average molecular weight is 377 g/mol. The average Bonchev–Trinajstić information content (AvgIpc) is 2.61. The van der Waals surface area contributed by atoms with Crippen LogP contribution in [-0.4, -0.2) is 18.0 Å². The summed E-state index contributed by atoms with van der Waals surface area (Å²) in [5.74, 6) is -1.35. The summed E-state index contributed by atoms with van der Waals surface area (Å²) < 4.78 is 42.5. The van der Waals surface area contributed by atoms with Crippen molar-refractivity contribution in [2.24, 2.45) is 0 Å². The van der Waals surface area contributed by atoms with Crippen molar-refractivity contribution in [1.82, 2.24) is 0 Å². The molecule has 27 heavy (non-hydrogen) atoms. The fourth-order valence-electron chi connectivity index (χ4n) is 2.10. The van der Waals surface area contributed by atoms with Gasteiger partial charge in [-0.15, -0.1) is 0 Å². The molecular weight excluding hydrogens is 359 g/mol. The first kappa shape index (κ1) is 20.2. The van der Waals surface area contributed by atoms with E-state index in [1.54, 1.807) is 6.08 Å². The van der Waals surface area contributed by atoms with Crippen LogP contribution in [0.4, 0.5) is 18.9 Å². The maximum absolute atomic E-state index is 12.5. The van der Waals surface area contributed by atoms with Crippen molar-refractivity contribution < 1.29 is 27.5 Å². The number of nitrogens with one attached hydrogen (secondary N) is 1. The first-order valence-corrected chi connectivity index (χ1v) is 8.08. The molecule has 142 valence electrons. The van der Waals surface area contributed by atoms with Gasteiger partial charge in [-0.05, 0) is 49.8 Å². The van der Waals surface area contributed by atoms with E-state index in [1.807, 2.05) is 31.2 Å². The third-order valence-electron chi connectivity index (χ3n) is 3.63. The lowest BCUT2D eigenvalue weighted by Gasteiger charge is -2.13. The maximum atomic E-state index is 12.5. The molecule has 2 aromatic rings. The lowest BCUT2D eigenvalue weighted by atomic mass is 10.1. The van der Waals surface area contributed by atoms with Gasteiger partial charge in [-0.25, -0.2) is 4.79 Å². The molecule has 4 nitrogen and oxygen atoms in total. The Hall–Kier alpha value is -3.09. The monoisotopic (exact) mass is 377 g/mol. The zero-order chi connectivity index (χ0) is 20.0. The van der Waals surface area contributed by atoms with Crippen LogP contribution in [0, 0.1) is 6.92 Å². The Morgan fingerprint density at radius 3 is 2.19 bits per heavy atom. The Kier molecular flexibility index (Phi) is 6.39. The molecule has 0 aliphatic rings. The Morgan fingerprint density at radius 1 is 1.04 bits per heavy atom. The van der Waals surface area contributed by atoms with E-state index in [0.29, 0.717) is 0 Å². The van der Waals surface area contributed by atoms with Crippen LogP contribution in [0.3, 0.4) is 0 Å². The molecule has 0 bridgehead atoms. The summed E-state index contributed by atoms with van der Waals surface area (Å²) in [7, 11) is 0. The van der Waals surface area contributed by atoms with Crippen molar-refractivity contribution >= 4 is 23.6 Å². The number of esters is 1. The van der Waals surface area contributed by atoms with Gasteiger partial charge >= 0.3 is 12.1 Å². The summed E-state index contributed by atoms with van der Waals surface area (Å²) >= 11 is 0. The number of anilines is 1. The van der Waals surface area contributed by atoms with E-state index in [-0.39, 0.29) is 5.69 Å². The third kappa shape index (κ3) is 6.29. The van der Waals surface area contributed by atoms with E-state index in [1.165, 1.54) is 13.0 Å². The van der Waals surface area contributed by atoms with E-state index in [0.717, 1.165) is 35.4 Å². The molecule has 0 fully saturated rings. The lowest BCUT2D eigenvalue weighted by molar-refractivity contribution is -0.148. The second-order valence-electron chi connectivity index (χ2n) is 5.89. The zero-order valence-electron chi connectivity index (χ0n) is 14.7. The number of carbonyl (C=O) groups is 2. The van der Waals surface area contributed by atoms with E-state index in [4.69, 9.17) is 4.74 Å². The first-order valence-electron chi connectivity index (χ1n) is 8.08. The molecule has 0 aromatic heterocycles. The van der Waals surface area contributed by atoms with Gasteiger partial charge in [0.2, 0.25) is 0 Å². The van der Waals surface area contributed by atoms with Crippen molar-refractivity contribution in [1.29, 1.82) is 0 Å². The van der Waals surface area contributed by atoms with Gasteiger partial charge in [0.1, 0.15) is 0 Å². The van der Waals surface area contributed by atoms with Crippen LogP contribution in [0.2, 0.25) is 0 Å². The summed E-state index contributed by atoms with van der Waals surface area (Å²) in [6, 6.07) is 11.4. The number of aryl methyl sites for hydroxylation is 1. The van der Waals surface area contributed by atoms with E-state index in [2.05, 4.69) is 5.32 Å². The number of halogens is 3. The molecule has 2 aromatic carbocycles. The minimum absolute atomic E-state index is 0.172. The quantitative estimate of drug-likeness (QED) is 0.612. The molecule has 0 aliphatic carbocycles. The van der Waals surface area contributed by atoms with Crippen molar-refractivity contribution in [3.8, 4) is 0 Å². The molecule has 1 amide bonds. The van der Waals surface area contributed by atoms with Crippen molar-refractivity contribution in [3.05, 3.63) is 71.3 Å². The Morgan fingerprint density at radius 2 is 1.63 bits per heavy atom. The predicted molar refractivity (Wildman–Crippen MR) is 95.8 cm³/mol. The van der Waals surface area contributed by atoms with Gasteiger partial charge < -0.3 is 10.1 Å². The molecule has 0 unspecified atom stereocenters. The number of hydrogen-bond donors (Lipinski definition) is 1. The highest BCUT2D eigenvalue weighted by Crippen LogP contribution is 2.29. The van der Waals surface area contributed by atoms with E-state index in [9.17, 15) is 22.8 Å². The largest absolute Gasteiger partial charge is 0.449 e. The standard InChI is InChI=1S/C20H18F3NO3/c1-13-3-5-15(6-4-13)7-12-18(25)27-14(2)19(26)24-17-10-8-16(9-11-17)20(21,22)23/h3-12,14H,1-2H3,(H,24,26)/b12-7+/t14-/m1/s1. The lowest BCUT2D eigenvalue weighted by Crippen LogP contribution is -2.29. The highest BCUT2D eigenvalue weighted by molar-refractivity contribution is 5.96. The Bertz CT molecular complexity index is 825. The number of rotatable bonds is 5.